The van der Waals surface area contributed by atoms with E-state index in [-0.39, 0.29) is 16.5 Å². The number of rotatable bonds is 3. The Hall–Kier alpha value is -0.440. The Morgan fingerprint density at radius 2 is 2.00 bits per heavy atom. The topological polar surface area (TPSA) is 26.3 Å². The normalized spacial score (nSPS) is 20.1. The summed E-state index contributed by atoms with van der Waals surface area (Å²) in [6.45, 7) is 5.54. The highest BCUT2D eigenvalue weighted by atomic mass is 32.1. The van der Waals surface area contributed by atoms with Gasteiger partial charge in [-0.1, -0.05) is 19.9 Å². The van der Waals surface area contributed by atoms with Gasteiger partial charge in [0.05, 0.1) is 4.91 Å². The van der Waals surface area contributed by atoms with Gasteiger partial charge in [-0.2, -0.15) is 0 Å². The number of thiol groups is 1. The summed E-state index contributed by atoms with van der Waals surface area (Å²) < 4.78 is 5.47. The van der Waals surface area contributed by atoms with Crippen LogP contribution in [0.15, 0.2) is 11.5 Å². The van der Waals surface area contributed by atoms with Gasteiger partial charge in [-0.05, 0) is 32.1 Å². The molecule has 14 heavy (non-hydrogen) atoms. The average Bonchev–Trinajstić information content (AvgIpc) is 2.19. The molecule has 1 fully saturated rings. The van der Waals surface area contributed by atoms with Crippen molar-refractivity contribution in [2.45, 2.75) is 51.0 Å². The zero-order chi connectivity index (χ0) is 10.6. The van der Waals surface area contributed by atoms with E-state index in [2.05, 4.69) is 26.1 Å². The van der Waals surface area contributed by atoms with Gasteiger partial charge < -0.3 is 4.74 Å². The molecule has 0 amide bonds. The van der Waals surface area contributed by atoms with E-state index in [0.29, 0.717) is 0 Å². The Bertz CT molecular complexity index is 229. The quantitative estimate of drug-likeness (QED) is 0.444. The lowest BCUT2D eigenvalue weighted by atomic mass is 9.83. The Morgan fingerprint density at radius 3 is 2.43 bits per heavy atom. The second kappa shape index (κ2) is 4.87. The maximum Gasteiger partial charge on any atom is 0.344 e. The van der Waals surface area contributed by atoms with Crippen molar-refractivity contribution in [2.75, 3.05) is 0 Å². The highest BCUT2D eigenvalue weighted by Gasteiger charge is 2.34. The first-order chi connectivity index (χ1) is 6.59. The first kappa shape index (κ1) is 11.6. The summed E-state index contributed by atoms with van der Waals surface area (Å²) in [5, 5.41) is 0. The van der Waals surface area contributed by atoms with E-state index in [9.17, 15) is 4.79 Å². The van der Waals surface area contributed by atoms with Crippen molar-refractivity contribution >= 4 is 18.6 Å². The first-order valence-corrected chi connectivity index (χ1v) is 5.65. The van der Waals surface area contributed by atoms with Gasteiger partial charge in [-0.3, -0.25) is 0 Å². The highest BCUT2D eigenvalue weighted by molar-refractivity contribution is 7.85. The van der Waals surface area contributed by atoms with Crippen LogP contribution in [0.5, 0.6) is 0 Å². The van der Waals surface area contributed by atoms with E-state index in [1.165, 1.54) is 6.42 Å². The molecule has 1 rings (SSSR count). The molecule has 1 aliphatic rings. The molecule has 0 bridgehead atoms. The molecule has 2 nitrogen and oxygen atoms in total. The van der Waals surface area contributed by atoms with Crippen molar-refractivity contribution in [3.05, 3.63) is 11.5 Å². The van der Waals surface area contributed by atoms with Crippen LogP contribution in [-0.4, -0.2) is 11.6 Å². The SMILES string of the molecule is C=C(S)C(=O)OC1(CC)CCCCC1. The van der Waals surface area contributed by atoms with Crippen molar-refractivity contribution in [2.24, 2.45) is 0 Å². The summed E-state index contributed by atoms with van der Waals surface area (Å²) in [5.41, 5.74) is -0.235. The van der Waals surface area contributed by atoms with Crippen molar-refractivity contribution in [3.63, 3.8) is 0 Å². The van der Waals surface area contributed by atoms with Crippen LogP contribution >= 0.6 is 12.6 Å². The van der Waals surface area contributed by atoms with E-state index in [1.54, 1.807) is 0 Å². The van der Waals surface area contributed by atoms with Gasteiger partial charge in [0.25, 0.3) is 0 Å². The van der Waals surface area contributed by atoms with Gasteiger partial charge in [0.15, 0.2) is 0 Å². The molecule has 80 valence electrons. The lowest BCUT2D eigenvalue weighted by Crippen LogP contribution is -2.36. The molecule has 0 saturated heterocycles. The highest BCUT2D eigenvalue weighted by Crippen LogP contribution is 2.34. The molecule has 1 saturated carbocycles. The third-order valence-corrected chi connectivity index (χ3v) is 3.14. The largest absolute Gasteiger partial charge is 0.455 e. The summed E-state index contributed by atoms with van der Waals surface area (Å²) >= 11 is 3.90. The zero-order valence-corrected chi connectivity index (χ0v) is 9.61. The van der Waals surface area contributed by atoms with Gasteiger partial charge >= 0.3 is 5.97 Å². The fourth-order valence-electron chi connectivity index (χ4n) is 1.98. The second-order valence-corrected chi connectivity index (χ2v) is 4.47. The minimum atomic E-state index is -0.364. The smallest absolute Gasteiger partial charge is 0.344 e. The van der Waals surface area contributed by atoms with Crippen molar-refractivity contribution in [1.29, 1.82) is 0 Å². The molecule has 1 aliphatic carbocycles. The lowest BCUT2D eigenvalue weighted by Gasteiger charge is -2.35. The van der Waals surface area contributed by atoms with Gasteiger partial charge in [0, 0.05) is 0 Å². The van der Waals surface area contributed by atoms with Crippen LogP contribution in [0, 0.1) is 0 Å². The predicted molar refractivity (Wildman–Crippen MR) is 60.3 cm³/mol. The molecule has 0 aliphatic heterocycles. The summed E-state index contributed by atoms with van der Waals surface area (Å²) in [5.74, 6) is -0.364. The summed E-state index contributed by atoms with van der Waals surface area (Å²) in [7, 11) is 0. The van der Waals surface area contributed by atoms with Gasteiger partial charge in [-0.25, -0.2) is 4.79 Å². The molecular formula is C11H18O2S. The van der Waals surface area contributed by atoms with E-state index in [0.717, 1.165) is 32.1 Å². The lowest BCUT2D eigenvalue weighted by molar-refractivity contribution is -0.157. The Kier molecular flexibility index (Phi) is 4.05. The van der Waals surface area contributed by atoms with Gasteiger partial charge in [0.2, 0.25) is 0 Å². The standard InChI is InChI=1S/C11H18O2S/c1-3-11(7-5-4-6-8-11)13-10(12)9(2)14/h14H,2-8H2,1H3. The molecule has 0 aromatic rings. The molecule has 0 unspecified atom stereocenters. The van der Waals surface area contributed by atoms with Gasteiger partial charge in [0.1, 0.15) is 5.60 Å². The third-order valence-electron chi connectivity index (χ3n) is 2.95. The van der Waals surface area contributed by atoms with Crippen molar-refractivity contribution in [3.8, 4) is 0 Å². The van der Waals surface area contributed by atoms with Crippen LogP contribution in [0.25, 0.3) is 0 Å². The van der Waals surface area contributed by atoms with Crippen LogP contribution in [0.3, 0.4) is 0 Å². The van der Waals surface area contributed by atoms with Crippen LogP contribution in [0.1, 0.15) is 45.4 Å². The fourth-order valence-corrected chi connectivity index (χ4v) is 2.03. The molecule has 0 heterocycles. The van der Waals surface area contributed by atoms with E-state index in [1.807, 2.05) is 0 Å². The molecule has 0 N–H and O–H groups in total. The second-order valence-electron chi connectivity index (χ2n) is 3.93. The molecule has 0 spiro atoms. The minimum Gasteiger partial charge on any atom is -0.455 e. The van der Waals surface area contributed by atoms with E-state index >= 15 is 0 Å². The number of hydrogen-bond donors (Lipinski definition) is 1. The predicted octanol–water partition coefficient (Wildman–Crippen LogP) is 3.09. The Balaban J connectivity index is 2.60. The maximum absolute atomic E-state index is 11.4. The summed E-state index contributed by atoms with van der Waals surface area (Å²) in [4.78, 5) is 11.6. The van der Waals surface area contributed by atoms with E-state index < -0.39 is 0 Å². The van der Waals surface area contributed by atoms with E-state index in [4.69, 9.17) is 4.74 Å². The first-order valence-electron chi connectivity index (χ1n) is 5.21. The maximum atomic E-state index is 11.4. The molecule has 0 radical (unpaired) electrons. The number of hydrogen-bond acceptors (Lipinski definition) is 3. The average molecular weight is 214 g/mol. The number of carbonyl (C=O) groups excluding carboxylic acids is 1. The molecular weight excluding hydrogens is 196 g/mol. The molecule has 3 heteroatoms. The molecule has 0 aromatic carbocycles. The Morgan fingerprint density at radius 1 is 1.43 bits per heavy atom. The Labute approximate surface area is 91.1 Å². The van der Waals surface area contributed by atoms with Crippen molar-refractivity contribution < 1.29 is 9.53 Å². The number of esters is 1. The number of carbonyl (C=O) groups is 1. The van der Waals surface area contributed by atoms with Crippen molar-refractivity contribution in [1.82, 2.24) is 0 Å². The van der Waals surface area contributed by atoms with Crippen LogP contribution < -0.4 is 0 Å². The monoisotopic (exact) mass is 214 g/mol. The molecule has 0 atom stereocenters. The third kappa shape index (κ3) is 2.77. The minimum absolute atomic E-state index is 0.198. The van der Waals surface area contributed by atoms with Gasteiger partial charge in [-0.15, -0.1) is 12.6 Å². The molecule has 0 aromatic heterocycles. The zero-order valence-electron chi connectivity index (χ0n) is 8.71. The van der Waals surface area contributed by atoms with Crippen LogP contribution in [0.4, 0.5) is 0 Å². The van der Waals surface area contributed by atoms with Crippen LogP contribution in [0.2, 0.25) is 0 Å². The summed E-state index contributed by atoms with van der Waals surface area (Å²) in [6, 6.07) is 0. The van der Waals surface area contributed by atoms with Crippen LogP contribution in [-0.2, 0) is 9.53 Å². The fraction of sp³-hybridized carbons (Fsp3) is 0.727. The number of ether oxygens (including phenoxy) is 1. The summed E-state index contributed by atoms with van der Waals surface area (Å²) in [6.07, 6.45) is 6.41.